The largest absolute Gasteiger partial charge is 0.497 e. The quantitative estimate of drug-likeness (QED) is 0.744. The highest BCUT2D eigenvalue weighted by atomic mass is 35.5. The molecule has 0 spiro atoms. The van der Waals surface area contributed by atoms with Gasteiger partial charge in [0.05, 0.1) is 19.1 Å². The molecule has 0 unspecified atom stereocenters. The Bertz CT molecular complexity index is 854. The van der Waals surface area contributed by atoms with E-state index in [1.165, 1.54) is 11.4 Å². The maximum absolute atomic E-state index is 12.1. The zero-order chi connectivity index (χ0) is 19.2. The van der Waals surface area contributed by atoms with Crippen molar-refractivity contribution < 1.29 is 17.9 Å². The third-order valence-corrected chi connectivity index (χ3v) is 5.13. The van der Waals surface area contributed by atoms with Crippen LogP contribution in [0.5, 0.6) is 5.75 Å². The fourth-order valence-corrected chi connectivity index (χ4v) is 3.39. The Labute approximate surface area is 158 Å². The van der Waals surface area contributed by atoms with Gasteiger partial charge in [-0.05, 0) is 29.8 Å². The lowest BCUT2D eigenvalue weighted by atomic mass is 10.2. The zero-order valence-corrected chi connectivity index (χ0v) is 16.2. The molecule has 0 aliphatic rings. The summed E-state index contributed by atoms with van der Waals surface area (Å²) >= 11 is 5.82. The normalized spacial score (nSPS) is 11.0. The summed E-state index contributed by atoms with van der Waals surface area (Å²) in [5.74, 6) is 0.305. The van der Waals surface area contributed by atoms with E-state index < -0.39 is 10.0 Å². The van der Waals surface area contributed by atoms with Crippen LogP contribution < -0.4 is 14.4 Å². The average Bonchev–Trinajstić information content (AvgIpc) is 2.60. The van der Waals surface area contributed by atoms with Crippen LogP contribution in [0.3, 0.4) is 0 Å². The highest BCUT2D eigenvalue weighted by Gasteiger charge is 2.19. The number of rotatable bonds is 8. The Kier molecular flexibility index (Phi) is 6.88. The summed E-state index contributed by atoms with van der Waals surface area (Å²) in [6, 6.07) is 13.8. The molecular formula is C18H21ClN2O4S. The summed E-state index contributed by atoms with van der Waals surface area (Å²) in [5.41, 5.74) is 1.37. The fraction of sp³-hybridized carbons (Fsp3) is 0.278. The van der Waals surface area contributed by atoms with Crippen LogP contribution >= 0.6 is 11.6 Å². The number of carbonyl (C=O) groups excluding carboxylic acids is 1. The lowest BCUT2D eigenvalue weighted by molar-refractivity contribution is -0.121. The van der Waals surface area contributed by atoms with Crippen molar-refractivity contribution in [3.05, 3.63) is 59.1 Å². The summed E-state index contributed by atoms with van der Waals surface area (Å²) < 4.78 is 30.5. The van der Waals surface area contributed by atoms with Crippen molar-refractivity contribution in [3.8, 4) is 5.75 Å². The highest BCUT2D eigenvalue weighted by molar-refractivity contribution is 7.92. The summed E-state index contributed by atoms with van der Waals surface area (Å²) in [6.07, 6.45) is 1.15. The van der Waals surface area contributed by atoms with Gasteiger partial charge in [0.2, 0.25) is 15.9 Å². The van der Waals surface area contributed by atoms with Crippen LogP contribution in [0.25, 0.3) is 0 Å². The van der Waals surface area contributed by atoms with Crippen LogP contribution in [0.15, 0.2) is 48.5 Å². The van der Waals surface area contributed by atoms with Crippen LogP contribution in [0.2, 0.25) is 5.02 Å². The first-order valence-electron chi connectivity index (χ1n) is 7.92. The minimum atomic E-state index is -3.53. The number of hydrogen-bond acceptors (Lipinski definition) is 4. The maximum atomic E-state index is 12.1. The molecule has 0 fully saturated rings. The molecule has 0 radical (unpaired) electrons. The number of carbonyl (C=O) groups is 1. The van der Waals surface area contributed by atoms with Gasteiger partial charge in [0.15, 0.2) is 0 Å². The first-order valence-corrected chi connectivity index (χ1v) is 10.1. The molecule has 0 aromatic heterocycles. The van der Waals surface area contributed by atoms with E-state index >= 15 is 0 Å². The highest BCUT2D eigenvalue weighted by Crippen LogP contribution is 2.23. The van der Waals surface area contributed by atoms with Crippen LogP contribution in [0.4, 0.5) is 5.69 Å². The van der Waals surface area contributed by atoms with Gasteiger partial charge in [-0.2, -0.15) is 0 Å². The number of amides is 1. The lowest BCUT2D eigenvalue weighted by Gasteiger charge is -2.22. The molecule has 26 heavy (non-hydrogen) atoms. The molecule has 0 saturated carbocycles. The second-order valence-corrected chi connectivity index (χ2v) is 8.03. The van der Waals surface area contributed by atoms with Gasteiger partial charge >= 0.3 is 0 Å². The molecular weight excluding hydrogens is 376 g/mol. The summed E-state index contributed by atoms with van der Waals surface area (Å²) in [6.45, 7) is 0.395. The average molecular weight is 397 g/mol. The molecule has 0 atom stereocenters. The summed E-state index contributed by atoms with van der Waals surface area (Å²) in [4.78, 5) is 12.1. The summed E-state index contributed by atoms with van der Waals surface area (Å²) in [7, 11) is -2.02. The molecule has 0 bridgehead atoms. The van der Waals surface area contributed by atoms with E-state index in [2.05, 4.69) is 5.32 Å². The van der Waals surface area contributed by atoms with E-state index in [0.29, 0.717) is 23.0 Å². The Morgan fingerprint density at radius 2 is 1.88 bits per heavy atom. The van der Waals surface area contributed by atoms with Gasteiger partial charge in [0.1, 0.15) is 5.75 Å². The molecule has 2 rings (SSSR count). The fourth-order valence-electron chi connectivity index (χ4n) is 2.35. The SMILES string of the molecule is COc1cccc(N(CCC(=O)NCc2ccc(Cl)cc2)S(C)(=O)=O)c1. The Morgan fingerprint density at radius 3 is 2.50 bits per heavy atom. The van der Waals surface area contributed by atoms with Crippen LogP contribution in [-0.4, -0.2) is 34.2 Å². The van der Waals surface area contributed by atoms with Gasteiger partial charge in [-0.1, -0.05) is 29.8 Å². The predicted octanol–water partition coefficient (Wildman–Crippen LogP) is 2.82. The Balaban J connectivity index is 1.98. The molecule has 140 valence electrons. The maximum Gasteiger partial charge on any atom is 0.232 e. The molecule has 0 aliphatic carbocycles. The molecule has 0 heterocycles. The topological polar surface area (TPSA) is 75.7 Å². The van der Waals surface area contributed by atoms with Crippen molar-refractivity contribution >= 4 is 33.2 Å². The number of methoxy groups -OCH3 is 1. The van der Waals surface area contributed by atoms with Crippen molar-refractivity contribution in [1.82, 2.24) is 5.32 Å². The molecule has 1 amide bonds. The van der Waals surface area contributed by atoms with Gasteiger partial charge in [-0.25, -0.2) is 8.42 Å². The Morgan fingerprint density at radius 1 is 1.19 bits per heavy atom. The van der Waals surface area contributed by atoms with Gasteiger partial charge in [-0.3, -0.25) is 9.10 Å². The smallest absolute Gasteiger partial charge is 0.232 e. The van der Waals surface area contributed by atoms with Crippen molar-refractivity contribution in [2.45, 2.75) is 13.0 Å². The van der Waals surface area contributed by atoms with Crippen LogP contribution in [0, 0.1) is 0 Å². The second-order valence-electron chi connectivity index (χ2n) is 5.69. The van der Waals surface area contributed by atoms with Crippen LogP contribution in [-0.2, 0) is 21.4 Å². The third-order valence-electron chi connectivity index (χ3n) is 3.69. The van der Waals surface area contributed by atoms with Gasteiger partial charge in [0.25, 0.3) is 0 Å². The van der Waals surface area contributed by atoms with Gasteiger partial charge in [0, 0.05) is 30.6 Å². The Hall–Kier alpha value is -2.25. The first kappa shape index (κ1) is 20.1. The number of anilines is 1. The number of halogens is 1. The molecule has 2 aromatic carbocycles. The number of sulfonamides is 1. The van der Waals surface area contributed by atoms with Gasteiger partial charge in [-0.15, -0.1) is 0 Å². The van der Waals surface area contributed by atoms with Crippen molar-refractivity contribution in [1.29, 1.82) is 0 Å². The molecule has 0 saturated heterocycles. The minimum Gasteiger partial charge on any atom is -0.497 e. The lowest BCUT2D eigenvalue weighted by Crippen LogP contribution is -2.34. The molecule has 6 nitrogen and oxygen atoms in total. The number of nitrogens with one attached hydrogen (secondary N) is 1. The number of hydrogen-bond donors (Lipinski definition) is 1. The van der Waals surface area contributed by atoms with Crippen molar-refractivity contribution in [2.24, 2.45) is 0 Å². The monoisotopic (exact) mass is 396 g/mol. The van der Waals surface area contributed by atoms with E-state index in [0.717, 1.165) is 11.8 Å². The molecule has 0 aliphatic heterocycles. The van der Waals surface area contributed by atoms with E-state index in [1.54, 1.807) is 36.4 Å². The third kappa shape index (κ3) is 5.93. The predicted molar refractivity (Wildman–Crippen MR) is 103 cm³/mol. The van der Waals surface area contributed by atoms with Crippen LogP contribution in [0.1, 0.15) is 12.0 Å². The van der Waals surface area contributed by atoms with Crippen molar-refractivity contribution in [2.75, 3.05) is 24.2 Å². The first-order chi connectivity index (χ1) is 12.3. The number of ether oxygens (including phenoxy) is 1. The zero-order valence-electron chi connectivity index (χ0n) is 14.6. The standard InChI is InChI=1S/C18H21ClN2O4S/c1-25-17-5-3-4-16(12-17)21(26(2,23)24)11-10-18(22)20-13-14-6-8-15(19)9-7-14/h3-9,12H,10-11,13H2,1-2H3,(H,20,22). The number of nitrogens with zero attached hydrogens (tertiary/aromatic N) is 1. The van der Waals surface area contributed by atoms with E-state index in [1.807, 2.05) is 12.1 Å². The molecule has 2 aromatic rings. The van der Waals surface area contributed by atoms with E-state index in [-0.39, 0.29) is 18.9 Å². The molecule has 1 N–H and O–H groups in total. The van der Waals surface area contributed by atoms with E-state index in [9.17, 15) is 13.2 Å². The summed E-state index contributed by atoms with van der Waals surface area (Å²) in [5, 5.41) is 3.40. The number of benzene rings is 2. The second kappa shape index (κ2) is 8.91. The van der Waals surface area contributed by atoms with Crippen molar-refractivity contribution in [3.63, 3.8) is 0 Å². The minimum absolute atomic E-state index is 0.0396. The van der Waals surface area contributed by atoms with Gasteiger partial charge < -0.3 is 10.1 Å². The van der Waals surface area contributed by atoms with E-state index in [4.69, 9.17) is 16.3 Å². The molecule has 8 heteroatoms.